The molecule has 4 aromatic rings. The zero-order valence-corrected chi connectivity index (χ0v) is 16.0. The Morgan fingerprint density at radius 2 is 1.71 bits per heavy atom. The zero-order chi connectivity index (χ0) is 19.7. The molecule has 0 aliphatic heterocycles. The highest BCUT2D eigenvalue weighted by molar-refractivity contribution is 5.80. The maximum absolute atomic E-state index is 9.73. The molecule has 0 saturated carbocycles. The molecule has 8 nitrogen and oxygen atoms in total. The van der Waals surface area contributed by atoms with E-state index in [4.69, 9.17) is 0 Å². The molecule has 4 rings (SSSR count). The summed E-state index contributed by atoms with van der Waals surface area (Å²) in [5.74, 6) is 1.36. The summed E-state index contributed by atoms with van der Waals surface area (Å²) < 4.78 is 1.77. The van der Waals surface area contributed by atoms with Crippen LogP contribution in [0.25, 0.3) is 22.5 Å². The Bertz CT molecular complexity index is 1080. The minimum absolute atomic E-state index is 0.198. The van der Waals surface area contributed by atoms with Gasteiger partial charge in [0.1, 0.15) is 5.82 Å². The fourth-order valence-electron chi connectivity index (χ4n) is 3.18. The minimum Gasteiger partial charge on any atom is -0.478 e. The molecule has 2 N–H and O–H groups in total. The highest BCUT2D eigenvalue weighted by Gasteiger charge is 2.21. The largest absolute Gasteiger partial charge is 0.478 e. The lowest BCUT2D eigenvalue weighted by molar-refractivity contribution is 0.330. The summed E-state index contributed by atoms with van der Waals surface area (Å²) in [5.41, 5.74) is 3.88. The van der Waals surface area contributed by atoms with Gasteiger partial charge < -0.3 is 5.11 Å². The van der Waals surface area contributed by atoms with Crippen molar-refractivity contribution < 1.29 is 5.11 Å². The maximum atomic E-state index is 9.73. The zero-order valence-electron chi connectivity index (χ0n) is 16.0. The number of H-pyrrole nitrogens is 1. The van der Waals surface area contributed by atoms with E-state index in [1.807, 2.05) is 45.0 Å². The van der Waals surface area contributed by atoms with Crippen molar-refractivity contribution in [1.82, 2.24) is 35.4 Å². The quantitative estimate of drug-likeness (QED) is 0.567. The molecule has 0 unspecified atom stereocenters. The average molecular weight is 375 g/mol. The molecule has 0 aliphatic rings. The van der Waals surface area contributed by atoms with Gasteiger partial charge in [0.2, 0.25) is 0 Å². The highest BCUT2D eigenvalue weighted by atomic mass is 16.3. The van der Waals surface area contributed by atoms with Gasteiger partial charge in [-0.15, -0.1) is 10.2 Å². The van der Waals surface area contributed by atoms with E-state index in [1.54, 1.807) is 4.68 Å². The van der Waals surface area contributed by atoms with Gasteiger partial charge in [0, 0.05) is 12.0 Å². The Labute approximate surface area is 162 Å². The van der Waals surface area contributed by atoms with Gasteiger partial charge in [-0.25, -0.2) is 9.78 Å². The van der Waals surface area contributed by atoms with Gasteiger partial charge in [0.15, 0.2) is 5.82 Å². The highest BCUT2D eigenvalue weighted by Crippen LogP contribution is 2.30. The summed E-state index contributed by atoms with van der Waals surface area (Å²) in [6.07, 6.45) is 0.582. The number of aromatic amines is 1. The van der Waals surface area contributed by atoms with Gasteiger partial charge >= 0.3 is 6.01 Å². The van der Waals surface area contributed by atoms with Crippen molar-refractivity contribution in [2.45, 2.75) is 32.7 Å². The molecule has 0 saturated heterocycles. The van der Waals surface area contributed by atoms with Gasteiger partial charge in [-0.2, -0.15) is 4.98 Å². The second-order valence-electron chi connectivity index (χ2n) is 7.58. The molecule has 0 atom stereocenters. The van der Waals surface area contributed by atoms with Crippen molar-refractivity contribution in [3.05, 3.63) is 59.9 Å². The summed E-state index contributed by atoms with van der Waals surface area (Å²) in [7, 11) is 0. The van der Waals surface area contributed by atoms with Crippen LogP contribution in [0.5, 0.6) is 6.01 Å². The number of hydrogen-bond donors (Lipinski definition) is 2. The molecule has 2 heterocycles. The Morgan fingerprint density at radius 1 is 1.00 bits per heavy atom. The Morgan fingerprint density at radius 3 is 2.36 bits per heavy atom. The molecule has 0 radical (unpaired) electrons. The first-order valence-electron chi connectivity index (χ1n) is 8.99. The number of tetrazole rings is 1. The van der Waals surface area contributed by atoms with Crippen molar-refractivity contribution in [2.24, 2.45) is 0 Å². The van der Waals surface area contributed by atoms with Crippen LogP contribution >= 0.6 is 0 Å². The van der Waals surface area contributed by atoms with Crippen LogP contribution in [-0.4, -0.2) is 40.5 Å². The molecule has 0 amide bonds. The first kappa shape index (κ1) is 17.8. The van der Waals surface area contributed by atoms with E-state index in [9.17, 15) is 5.11 Å². The van der Waals surface area contributed by atoms with E-state index >= 15 is 0 Å². The van der Waals surface area contributed by atoms with Gasteiger partial charge in [0.25, 0.3) is 0 Å². The van der Waals surface area contributed by atoms with Crippen LogP contribution in [0.2, 0.25) is 0 Å². The number of nitrogens with one attached hydrogen (secondary N) is 1. The molecule has 0 bridgehead atoms. The molecule has 0 aliphatic carbocycles. The normalized spacial score (nSPS) is 11.7. The van der Waals surface area contributed by atoms with E-state index in [0.29, 0.717) is 12.2 Å². The Hall–Kier alpha value is -3.55. The predicted octanol–water partition coefficient (Wildman–Crippen LogP) is 3.18. The third kappa shape index (κ3) is 3.48. The van der Waals surface area contributed by atoms with E-state index < -0.39 is 0 Å². The van der Waals surface area contributed by atoms with E-state index in [-0.39, 0.29) is 11.5 Å². The van der Waals surface area contributed by atoms with Gasteiger partial charge in [-0.1, -0.05) is 48.5 Å². The van der Waals surface area contributed by atoms with Crippen LogP contribution in [0.1, 0.15) is 32.2 Å². The summed E-state index contributed by atoms with van der Waals surface area (Å²) in [4.78, 5) is 4.18. The van der Waals surface area contributed by atoms with Crippen molar-refractivity contribution in [2.75, 3.05) is 0 Å². The van der Waals surface area contributed by atoms with Crippen molar-refractivity contribution in [3.8, 4) is 28.5 Å². The third-order valence-corrected chi connectivity index (χ3v) is 4.45. The van der Waals surface area contributed by atoms with Gasteiger partial charge in [0.05, 0.1) is 5.54 Å². The standard InChI is InChI=1S/C20H21N7O/c1-20(2,3)27-17(21-19(28)24-27)12-13-8-10-14(11-9-13)15-6-4-5-7-16(15)18-22-25-26-23-18/h4-11H,12H2,1-3H3,(H,24,28)(H,22,23,25,26). The van der Waals surface area contributed by atoms with Crippen molar-refractivity contribution in [3.63, 3.8) is 0 Å². The molecule has 8 heteroatoms. The van der Waals surface area contributed by atoms with Gasteiger partial charge in [-0.05, 0) is 47.9 Å². The lowest BCUT2D eigenvalue weighted by atomic mass is 9.97. The second kappa shape index (κ2) is 6.88. The van der Waals surface area contributed by atoms with Crippen LogP contribution < -0.4 is 0 Å². The first-order valence-corrected chi connectivity index (χ1v) is 8.99. The molecule has 0 spiro atoms. The third-order valence-electron chi connectivity index (χ3n) is 4.45. The minimum atomic E-state index is -0.257. The lowest BCUT2D eigenvalue weighted by Crippen LogP contribution is -2.25. The monoisotopic (exact) mass is 375 g/mol. The number of benzene rings is 2. The number of hydrogen-bond acceptors (Lipinski definition) is 6. The van der Waals surface area contributed by atoms with E-state index in [0.717, 1.165) is 28.1 Å². The summed E-state index contributed by atoms with van der Waals surface area (Å²) in [6, 6.07) is 16.0. The molecule has 0 fully saturated rings. The van der Waals surface area contributed by atoms with Crippen molar-refractivity contribution in [1.29, 1.82) is 0 Å². The fourth-order valence-corrected chi connectivity index (χ4v) is 3.18. The van der Waals surface area contributed by atoms with Gasteiger partial charge in [-0.3, -0.25) is 0 Å². The van der Waals surface area contributed by atoms with Crippen LogP contribution in [0.3, 0.4) is 0 Å². The van der Waals surface area contributed by atoms with E-state index in [2.05, 4.69) is 55.0 Å². The average Bonchev–Trinajstić information content (AvgIpc) is 3.32. The lowest BCUT2D eigenvalue weighted by Gasteiger charge is -2.21. The number of aromatic nitrogens is 7. The molecule has 2 aromatic heterocycles. The second-order valence-corrected chi connectivity index (χ2v) is 7.58. The summed E-state index contributed by atoms with van der Waals surface area (Å²) >= 11 is 0. The van der Waals surface area contributed by atoms with Crippen LogP contribution in [0, 0.1) is 0 Å². The molecular formula is C20H21N7O. The maximum Gasteiger partial charge on any atom is 0.333 e. The smallest absolute Gasteiger partial charge is 0.333 e. The van der Waals surface area contributed by atoms with Crippen LogP contribution in [0.4, 0.5) is 0 Å². The summed E-state index contributed by atoms with van der Waals surface area (Å²) in [6.45, 7) is 6.09. The SMILES string of the molecule is CC(C)(C)n1nc(O)nc1Cc1ccc(-c2ccccc2-c2nnn[nH]2)cc1. The number of nitrogens with zero attached hydrogens (tertiary/aromatic N) is 6. The summed E-state index contributed by atoms with van der Waals surface area (Å²) in [5, 5.41) is 28.0. The fraction of sp³-hybridized carbons (Fsp3) is 0.250. The Balaban J connectivity index is 1.63. The number of aromatic hydroxyl groups is 1. The molecular weight excluding hydrogens is 354 g/mol. The Kier molecular flexibility index (Phi) is 4.38. The van der Waals surface area contributed by atoms with Crippen LogP contribution in [-0.2, 0) is 12.0 Å². The molecule has 142 valence electrons. The first-order chi connectivity index (χ1) is 13.4. The molecule has 28 heavy (non-hydrogen) atoms. The predicted molar refractivity (Wildman–Crippen MR) is 105 cm³/mol. The van der Waals surface area contributed by atoms with Crippen molar-refractivity contribution >= 4 is 0 Å². The van der Waals surface area contributed by atoms with Crippen LogP contribution in [0.15, 0.2) is 48.5 Å². The number of rotatable bonds is 4. The molecule has 2 aromatic carbocycles. The topological polar surface area (TPSA) is 105 Å². The van der Waals surface area contributed by atoms with E-state index in [1.165, 1.54) is 0 Å².